The third-order valence-electron chi connectivity index (χ3n) is 5.37. The molecule has 0 bridgehead atoms. The first-order valence-corrected chi connectivity index (χ1v) is 8.77. The molecule has 4 rings (SSSR count). The number of carbonyl (C=O) groups excluding carboxylic acids is 1. The maximum absolute atomic E-state index is 11.6. The van der Waals surface area contributed by atoms with Crippen LogP contribution in [0.5, 0.6) is 0 Å². The van der Waals surface area contributed by atoms with Gasteiger partial charge in [0.25, 0.3) is 0 Å². The van der Waals surface area contributed by atoms with Crippen molar-refractivity contribution in [2.75, 3.05) is 44.7 Å². The second kappa shape index (κ2) is 6.07. The van der Waals surface area contributed by atoms with E-state index >= 15 is 0 Å². The Morgan fingerprint density at radius 1 is 1.26 bits per heavy atom. The number of likely N-dealkylation sites (N-methyl/N-ethyl adjacent to an activating group) is 1. The maximum atomic E-state index is 11.6. The largest absolute Gasteiger partial charge is 0.352 e. The summed E-state index contributed by atoms with van der Waals surface area (Å²) in [6.07, 6.45) is 4.29. The predicted molar refractivity (Wildman–Crippen MR) is 88.5 cm³/mol. The summed E-state index contributed by atoms with van der Waals surface area (Å²) >= 11 is 0. The van der Waals surface area contributed by atoms with Crippen molar-refractivity contribution in [1.82, 2.24) is 20.0 Å². The van der Waals surface area contributed by atoms with Crippen LogP contribution in [0.1, 0.15) is 37.3 Å². The zero-order valence-corrected chi connectivity index (χ0v) is 13.8. The van der Waals surface area contributed by atoms with E-state index in [-0.39, 0.29) is 0 Å². The Balaban J connectivity index is 1.23. The standard InChI is InChI=1S/C17H25N5O/c1-20(9-10-21-8-2-3-17(21)23)14-11-22(12-14)16-7-6-15(18-19-16)13-4-5-13/h6-7,13-14H,2-5,8-12H2,1H3. The summed E-state index contributed by atoms with van der Waals surface area (Å²) < 4.78 is 0. The monoisotopic (exact) mass is 315 g/mol. The first kappa shape index (κ1) is 14.9. The third kappa shape index (κ3) is 3.17. The Morgan fingerprint density at radius 2 is 2.09 bits per heavy atom. The lowest BCUT2D eigenvalue weighted by molar-refractivity contribution is -0.127. The van der Waals surface area contributed by atoms with Gasteiger partial charge in [0, 0.05) is 51.1 Å². The zero-order chi connectivity index (χ0) is 15.8. The number of rotatable bonds is 6. The van der Waals surface area contributed by atoms with E-state index in [1.807, 2.05) is 4.90 Å². The summed E-state index contributed by atoms with van der Waals surface area (Å²) in [6.45, 7) is 4.76. The topological polar surface area (TPSA) is 52.6 Å². The van der Waals surface area contributed by atoms with E-state index < -0.39 is 0 Å². The van der Waals surface area contributed by atoms with Gasteiger partial charge in [-0.3, -0.25) is 9.69 Å². The SMILES string of the molecule is CN(CCN1CCCC1=O)C1CN(c2ccc(C3CC3)nn2)C1. The molecule has 3 fully saturated rings. The number of hydrogen-bond acceptors (Lipinski definition) is 5. The lowest BCUT2D eigenvalue weighted by Crippen LogP contribution is -2.59. The molecule has 1 aliphatic carbocycles. The number of amides is 1. The molecule has 0 radical (unpaired) electrons. The van der Waals surface area contributed by atoms with E-state index in [0.29, 0.717) is 17.9 Å². The molecule has 6 heteroatoms. The van der Waals surface area contributed by atoms with Crippen molar-refractivity contribution in [2.45, 2.75) is 37.6 Å². The summed E-state index contributed by atoms with van der Waals surface area (Å²) in [5.41, 5.74) is 1.15. The molecule has 0 atom stereocenters. The van der Waals surface area contributed by atoms with Crippen LogP contribution in [0.3, 0.4) is 0 Å². The molecule has 23 heavy (non-hydrogen) atoms. The second-order valence-electron chi connectivity index (χ2n) is 7.11. The van der Waals surface area contributed by atoms with Crippen molar-refractivity contribution in [2.24, 2.45) is 0 Å². The average molecular weight is 315 g/mol. The van der Waals surface area contributed by atoms with Crippen molar-refractivity contribution in [3.63, 3.8) is 0 Å². The molecule has 0 unspecified atom stereocenters. The fraction of sp³-hybridized carbons (Fsp3) is 0.706. The van der Waals surface area contributed by atoms with Crippen LogP contribution >= 0.6 is 0 Å². The van der Waals surface area contributed by atoms with Crippen LogP contribution in [0.2, 0.25) is 0 Å². The molecular weight excluding hydrogens is 290 g/mol. The summed E-state index contributed by atoms with van der Waals surface area (Å²) in [5, 5.41) is 8.74. The van der Waals surface area contributed by atoms with Gasteiger partial charge in [-0.2, -0.15) is 5.10 Å². The van der Waals surface area contributed by atoms with Gasteiger partial charge in [0.05, 0.1) is 5.69 Å². The van der Waals surface area contributed by atoms with Gasteiger partial charge in [-0.15, -0.1) is 5.10 Å². The van der Waals surface area contributed by atoms with Gasteiger partial charge in [-0.1, -0.05) is 0 Å². The molecule has 124 valence electrons. The van der Waals surface area contributed by atoms with E-state index in [9.17, 15) is 4.79 Å². The van der Waals surface area contributed by atoms with Gasteiger partial charge in [0.2, 0.25) is 5.91 Å². The van der Waals surface area contributed by atoms with Crippen LogP contribution in [0.15, 0.2) is 12.1 Å². The second-order valence-corrected chi connectivity index (χ2v) is 7.11. The first-order valence-electron chi connectivity index (χ1n) is 8.77. The van der Waals surface area contributed by atoms with Crippen LogP contribution in [0.25, 0.3) is 0 Å². The Morgan fingerprint density at radius 3 is 2.70 bits per heavy atom. The minimum atomic E-state index is 0.319. The highest BCUT2D eigenvalue weighted by atomic mass is 16.2. The van der Waals surface area contributed by atoms with Crippen LogP contribution in [0.4, 0.5) is 5.82 Å². The van der Waals surface area contributed by atoms with E-state index in [0.717, 1.165) is 57.1 Å². The fourth-order valence-electron chi connectivity index (χ4n) is 3.42. The van der Waals surface area contributed by atoms with Crippen LogP contribution in [0, 0.1) is 0 Å². The van der Waals surface area contributed by atoms with Gasteiger partial charge in [-0.25, -0.2) is 0 Å². The molecule has 1 saturated carbocycles. The van der Waals surface area contributed by atoms with Gasteiger partial charge >= 0.3 is 0 Å². The summed E-state index contributed by atoms with van der Waals surface area (Å²) in [6, 6.07) is 4.80. The molecule has 0 spiro atoms. The third-order valence-corrected chi connectivity index (χ3v) is 5.37. The normalized spacial score (nSPS) is 22.1. The van der Waals surface area contributed by atoms with Crippen molar-refractivity contribution < 1.29 is 4.79 Å². The average Bonchev–Trinajstić information content (AvgIpc) is 3.28. The van der Waals surface area contributed by atoms with E-state index in [1.54, 1.807) is 0 Å². The van der Waals surface area contributed by atoms with Crippen molar-refractivity contribution >= 4 is 11.7 Å². The van der Waals surface area contributed by atoms with Crippen LogP contribution in [-0.2, 0) is 4.79 Å². The quantitative estimate of drug-likeness (QED) is 0.787. The summed E-state index contributed by atoms with van der Waals surface area (Å²) in [5.74, 6) is 1.98. The number of hydrogen-bond donors (Lipinski definition) is 0. The van der Waals surface area contributed by atoms with Crippen molar-refractivity contribution in [3.8, 4) is 0 Å². The van der Waals surface area contributed by atoms with Crippen molar-refractivity contribution in [1.29, 1.82) is 0 Å². The van der Waals surface area contributed by atoms with Gasteiger partial charge in [0.1, 0.15) is 0 Å². The molecule has 3 aliphatic rings. The smallest absolute Gasteiger partial charge is 0.222 e. The molecule has 2 aliphatic heterocycles. The molecule has 3 heterocycles. The molecule has 0 N–H and O–H groups in total. The van der Waals surface area contributed by atoms with Crippen LogP contribution < -0.4 is 4.90 Å². The molecule has 1 aromatic heterocycles. The van der Waals surface area contributed by atoms with Crippen molar-refractivity contribution in [3.05, 3.63) is 17.8 Å². The minimum Gasteiger partial charge on any atom is -0.352 e. The predicted octanol–water partition coefficient (Wildman–Crippen LogP) is 1.10. The summed E-state index contributed by atoms with van der Waals surface area (Å²) in [4.78, 5) is 18.3. The Labute approximate surface area is 137 Å². The number of anilines is 1. The molecule has 1 amide bonds. The van der Waals surface area contributed by atoms with Crippen LogP contribution in [-0.4, -0.2) is 71.7 Å². The van der Waals surface area contributed by atoms with Gasteiger partial charge < -0.3 is 9.80 Å². The Hall–Kier alpha value is -1.69. The number of likely N-dealkylation sites (tertiary alicyclic amines) is 1. The van der Waals surface area contributed by atoms with E-state index in [2.05, 4.69) is 39.2 Å². The lowest BCUT2D eigenvalue weighted by atomic mass is 10.1. The van der Waals surface area contributed by atoms with Gasteiger partial charge in [0.15, 0.2) is 5.82 Å². The molecule has 2 saturated heterocycles. The highest BCUT2D eigenvalue weighted by molar-refractivity contribution is 5.78. The van der Waals surface area contributed by atoms with E-state index in [1.165, 1.54) is 12.8 Å². The maximum Gasteiger partial charge on any atom is 0.222 e. The molecule has 0 aromatic carbocycles. The minimum absolute atomic E-state index is 0.319. The molecular formula is C17H25N5O. The highest BCUT2D eigenvalue weighted by Gasteiger charge is 2.32. The summed E-state index contributed by atoms with van der Waals surface area (Å²) in [7, 11) is 2.16. The fourth-order valence-corrected chi connectivity index (χ4v) is 3.42. The molecule has 1 aromatic rings. The van der Waals surface area contributed by atoms with E-state index in [4.69, 9.17) is 0 Å². The Bertz CT molecular complexity index is 565. The number of nitrogens with zero attached hydrogens (tertiary/aromatic N) is 5. The Kier molecular flexibility index (Phi) is 3.93. The zero-order valence-electron chi connectivity index (χ0n) is 13.8. The highest BCUT2D eigenvalue weighted by Crippen LogP contribution is 2.38. The number of aromatic nitrogens is 2. The van der Waals surface area contributed by atoms with Gasteiger partial charge in [-0.05, 0) is 38.4 Å². The first-order chi connectivity index (χ1) is 11.2. The lowest BCUT2D eigenvalue weighted by Gasteiger charge is -2.44. The number of carbonyl (C=O) groups is 1. The molecule has 6 nitrogen and oxygen atoms in total.